The lowest BCUT2D eigenvalue weighted by Crippen LogP contribution is -2.27. The van der Waals surface area contributed by atoms with Crippen molar-refractivity contribution in [2.24, 2.45) is 0 Å². The minimum absolute atomic E-state index is 0.0548. The highest BCUT2D eigenvalue weighted by Crippen LogP contribution is 2.16. The van der Waals surface area contributed by atoms with Crippen molar-refractivity contribution in [1.29, 1.82) is 0 Å². The highest BCUT2D eigenvalue weighted by molar-refractivity contribution is 5.96. The number of nitrogens with zero attached hydrogens (tertiary/aromatic N) is 1. The fourth-order valence-corrected chi connectivity index (χ4v) is 2.97. The average molecular weight is 352 g/mol. The molecule has 2 aromatic rings. The third-order valence-corrected chi connectivity index (χ3v) is 4.51. The number of likely N-dealkylation sites (tertiary alicyclic amines) is 1. The zero-order chi connectivity index (χ0) is 18.4. The maximum atomic E-state index is 12.3. The van der Waals surface area contributed by atoms with Crippen LogP contribution in [0.3, 0.4) is 0 Å². The molecule has 136 valence electrons. The van der Waals surface area contributed by atoms with Gasteiger partial charge in [-0.3, -0.25) is 9.59 Å². The molecule has 5 heteroatoms. The van der Waals surface area contributed by atoms with Crippen molar-refractivity contribution in [2.45, 2.75) is 26.2 Å². The van der Waals surface area contributed by atoms with E-state index < -0.39 is 0 Å². The third kappa shape index (κ3) is 4.63. The number of hydrogen-bond acceptors (Lipinski definition) is 3. The molecular weight excluding hydrogens is 328 g/mol. The summed E-state index contributed by atoms with van der Waals surface area (Å²) in [6.45, 7) is 3.69. The molecule has 1 fully saturated rings. The second-order valence-corrected chi connectivity index (χ2v) is 6.41. The Morgan fingerprint density at radius 3 is 2.27 bits per heavy atom. The third-order valence-electron chi connectivity index (χ3n) is 4.51. The van der Waals surface area contributed by atoms with E-state index in [-0.39, 0.29) is 18.4 Å². The van der Waals surface area contributed by atoms with Crippen LogP contribution in [-0.2, 0) is 11.2 Å². The maximum Gasteiger partial charge on any atom is 0.262 e. The van der Waals surface area contributed by atoms with Crippen molar-refractivity contribution >= 4 is 17.5 Å². The van der Waals surface area contributed by atoms with Crippen LogP contribution in [0, 0.1) is 0 Å². The molecule has 0 aliphatic carbocycles. The Balaban J connectivity index is 1.49. The first-order chi connectivity index (χ1) is 12.7. The number of carbonyl (C=O) groups excluding carboxylic acids is 2. The van der Waals surface area contributed by atoms with Gasteiger partial charge in [0.25, 0.3) is 11.8 Å². The van der Waals surface area contributed by atoms with Gasteiger partial charge in [0.1, 0.15) is 5.75 Å². The summed E-state index contributed by atoms with van der Waals surface area (Å²) in [5, 5.41) is 2.78. The fourth-order valence-electron chi connectivity index (χ4n) is 2.97. The molecule has 0 aromatic heterocycles. The average Bonchev–Trinajstić information content (AvgIpc) is 3.21. The van der Waals surface area contributed by atoms with Crippen LogP contribution in [0.1, 0.15) is 35.7 Å². The van der Waals surface area contributed by atoms with E-state index in [4.69, 9.17) is 4.74 Å². The number of anilines is 1. The van der Waals surface area contributed by atoms with Gasteiger partial charge in [-0.2, -0.15) is 0 Å². The Hall–Kier alpha value is -2.82. The zero-order valence-electron chi connectivity index (χ0n) is 15.0. The Labute approximate surface area is 154 Å². The molecule has 1 N–H and O–H groups in total. The molecule has 0 spiro atoms. The molecule has 0 saturated carbocycles. The van der Waals surface area contributed by atoms with Crippen molar-refractivity contribution in [3.63, 3.8) is 0 Å². The molecule has 0 unspecified atom stereocenters. The largest absolute Gasteiger partial charge is 0.484 e. The van der Waals surface area contributed by atoms with Crippen LogP contribution in [0.15, 0.2) is 48.5 Å². The molecule has 5 nitrogen and oxygen atoms in total. The van der Waals surface area contributed by atoms with Crippen molar-refractivity contribution < 1.29 is 14.3 Å². The first-order valence-corrected chi connectivity index (χ1v) is 9.06. The van der Waals surface area contributed by atoms with Crippen LogP contribution in [0.2, 0.25) is 0 Å². The molecule has 0 radical (unpaired) electrons. The lowest BCUT2D eigenvalue weighted by molar-refractivity contribution is -0.118. The number of carbonyl (C=O) groups is 2. The standard InChI is InChI=1S/C21H24N2O3/c1-2-16-5-11-19(12-6-16)26-15-20(24)22-18-9-7-17(8-10-18)21(25)23-13-3-4-14-23/h5-12H,2-4,13-15H2,1H3,(H,22,24). The van der Waals surface area contributed by atoms with Crippen molar-refractivity contribution in [3.05, 3.63) is 59.7 Å². The molecule has 3 rings (SSSR count). The SMILES string of the molecule is CCc1ccc(OCC(=O)Nc2ccc(C(=O)N3CCCC3)cc2)cc1. The fraction of sp³-hybridized carbons (Fsp3) is 0.333. The van der Waals surface area contributed by atoms with Gasteiger partial charge in [-0.15, -0.1) is 0 Å². The summed E-state index contributed by atoms with van der Waals surface area (Å²) in [6, 6.07) is 14.7. The molecule has 2 aromatic carbocycles. The highest BCUT2D eigenvalue weighted by Gasteiger charge is 2.19. The first-order valence-electron chi connectivity index (χ1n) is 9.06. The van der Waals surface area contributed by atoms with Crippen molar-refractivity contribution in [3.8, 4) is 5.75 Å². The molecule has 0 bridgehead atoms. The van der Waals surface area contributed by atoms with Crippen LogP contribution in [0.4, 0.5) is 5.69 Å². The topological polar surface area (TPSA) is 58.6 Å². The van der Waals surface area contributed by atoms with Gasteiger partial charge in [0, 0.05) is 24.3 Å². The van der Waals surface area contributed by atoms with Crippen LogP contribution in [-0.4, -0.2) is 36.4 Å². The van der Waals surface area contributed by atoms with E-state index in [1.807, 2.05) is 29.2 Å². The normalized spacial score (nSPS) is 13.5. The lowest BCUT2D eigenvalue weighted by atomic mass is 10.2. The van der Waals surface area contributed by atoms with Crippen LogP contribution < -0.4 is 10.1 Å². The number of hydrogen-bond donors (Lipinski definition) is 1. The second kappa shape index (κ2) is 8.52. The minimum Gasteiger partial charge on any atom is -0.484 e. The lowest BCUT2D eigenvalue weighted by Gasteiger charge is -2.15. The monoisotopic (exact) mass is 352 g/mol. The Morgan fingerprint density at radius 1 is 1.00 bits per heavy atom. The van der Waals surface area contributed by atoms with Gasteiger partial charge in [-0.05, 0) is 61.2 Å². The van der Waals surface area contributed by atoms with E-state index >= 15 is 0 Å². The first kappa shape index (κ1) is 18.0. The smallest absolute Gasteiger partial charge is 0.262 e. The zero-order valence-corrected chi connectivity index (χ0v) is 15.0. The number of ether oxygens (including phenoxy) is 1. The van der Waals surface area contributed by atoms with E-state index in [1.54, 1.807) is 24.3 Å². The van der Waals surface area contributed by atoms with Gasteiger partial charge in [0.15, 0.2) is 6.61 Å². The van der Waals surface area contributed by atoms with Crippen LogP contribution >= 0.6 is 0 Å². The molecule has 1 aliphatic rings. The Bertz CT molecular complexity index is 748. The molecule has 1 aliphatic heterocycles. The van der Waals surface area contributed by atoms with E-state index in [9.17, 15) is 9.59 Å². The van der Waals surface area contributed by atoms with Gasteiger partial charge in [0.2, 0.25) is 0 Å². The quantitative estimate of drug-likeness (QED) is 0.866. The molecule has 26 heavy (non-hydrogen) atoms. The number of aryl methyl sites for hydroxylation is 1. The summed E-state index contributed by atoms with van der Waals surface area (Å²) >= 11 is 0. The van der Waals surface area contributed by atoms with Crippen LogP contribution in [0.5, 0.6) is 5.75 Å². The number of rotatable bonds is 6. The van der Waals surface area contributed by atoms with Gasteiger partial charge in [0.05, 0.1) is 0 Å². The van der Waals surface area contributed by atoms with Crippen molar-refractivity contribution in [2.75, 3.05) is 25.0 Å². The summed E-state index contributed by atoms with van der Waals surface area (Å²) in [7, 11) is 0. The van der Waals surface area contributed by atoms with Crippen molar-refractivity contribution in [1.82, 2.24) is 4.90 Å². The van der Waals surface area contributed by atoms with Crippen LogP contribution in [0.25, 0.3) is 0 Å². The predicted octanol–water partition coefficient (Wildman–Crippen LogP) is 3.50. The summed E-state index contributed by atoms with van der Waals surface area (Å²) in [4.78, 5) is 26.2. The van der Waals surface area contributed by atoms with E-state index in [1.165, 1.54) is 5.56 Å². The molecule has 1 heterocycles. The summed E-state index contributed by atoms with van der Waals surface area (Å²) in [5.74, 6) is 0.492. The minimum atomic E-state index is -0.233. The Kier molecular flexibility index (Phi) is 5.89. The highest BCUT2D eigenvalue weighted by atomic mass is 16.5. The Morgan fingerprint density at radius 2 is 1.65 bits per heavy atom. The molecular formula is C21H24N2O3. The molecule has 1 saturated heterocycles. The van der Waals surface area contributed by atoms with Gasteiger partial charge in [-0.25, -0.2) is 0 Å². The van der Waals surface area contributed by atoms with Gasteiger partial charge in [-0.1, -0.05) is 19.1 Å². The predicted molar refractivity (Wildman–Crippen MR) is 102 cm³/mol. The number of amides is 2. The van der Waals surface area contributed by atoms with E-state index in [0.29, 0.717) is 17.0 Å². The summed E-state index contributed by atoms with van der Waals surface area (Å²) in [5.41, 5.74) is 2.53. The van der Waals surface area contributed by atoms with Gasteiger partial charge >= 0.3 is 0 Å². The molecule has 0 atom stereocenters. The summed E-state index contributed by atoms with van der Waals surface area (Å²) < 4.78 is 5.50. The van der Waals surface area contributed by atoms with E-state index in [0.717, 1.165) is 32.4 Å². The van der Waals surface area contributed by atoms with Gasteiger partial charge < -0.3 is 15.0 Å². The number of benzene rings is 2. The number of nitrogens with one attached hydrogen (secondary N) is 1. The second-order valence-electron chi connectivity index (χ2n) is 6.41. The summed E-state index contributed by atoms with van der Waals surface area (Å²) in [6.07, 6.45) is 3.11. The van der Waals surface area contributed by atoms with E-state index in [2.05, 4.69) is 12.2 Å². The maximum absolute atomic E-state index is 12.3. The molecule has 2 amide bonds.